The highest BCUT2D eigenvalue weighted by molar-refractivity contribution is 7.92. The number of fused-ring (bicyclic) bond motifs is 1. The van der Waals surface area contributed by atoms with E-state index in [2.05, 4.69) is 5.32 Å². The molecule has 0 saturated carbocycles. The smallest absolute Gasteiger partial charge is 0.388 e. The molecule has 8 nitrogen and oxygen atoms in total. The second-order valence-corrected chi connectivity index (χ2v) is 11.7. The third kappa shape index (κ3) is 5.39. The molecule has 0 spiro atoms. The first-order valence-corrected chi connectivity index (χ1v) is 13.6. The number of halogens is 6. The van der Waals surface area contributed by atoms with Gasteiger partial charge in [-0.3, -0.25) is 9.10 Å². The molecule has 2 aromatic rings. The summed E-state index contributed by atoms with van der Waals surface area (Å²) in [5.41, 5.74) is -6.36. The van der Waals surface area contributed by atoms with E-state index in [-0.39, 0.29) is 42.2 Å². The van der Waals surface area contributed by atoms with E-state index < -0.39 is 64.1 Å². The van der Waals surface area contributed by atoms with Crippen molar-refractivity contribution in [3.63, 3.8) is 0 Å². The normalized spacial score (nSPS) is 22.2. The van der Waals surface area contributed by atoms with Gasteiger partial charge in [0.05, 0.1) is 42.0 Å². The van der Waals surface area contributed by atoms with Crippen LogP contribution in [0.2, 0.25) is 0 Å². The summed E-state index contributed by atoms with van der Waals surface area (Å²) in [5.74, 6) is -0.632. The summed E-state index contributed by atoms with van der Waals surface area (Å²) < 4.78 is 114. The Morgan fingerprint density at radius 1 is 1.05 bits per heavy atom. The molecule has 2 aliphatic rings. The van der Waals surface area contributed by atoms with Gasteiger partial charge in [0, 0.05) is 12.0 Å². The molecule has 2 aromatic carbocycles. The third-order valence-corrected chi connectivity index (χ3v) is 8.91. The number of sulfonamides is 1. The zero-order valence-electron chi connectivity index (χ0n) is 21.0. The topological polar surface area (TPSA) is 116 Å². The van der Waals surface area contributed by atoms with Crippen molar-refractivity contribution < 1.29 is 54.5 Å². The van der Waals surface area contributed by atoms with Crippen LogP contribution in [0.1, 0.15) is 29.5 Å². The van der Waals surface area contributed by atoms with Crippen LogP contribution in [0.15, 0.2) is 47.4 Å². The first-order valence-electron chi connectivity index (χ1n) is 12.1. The van der Waals surface area contributed by atoms with Gasteiger partial charge in [0.25, 0.3) is 15.6 Å². The van der Waals surface area contributed by atoms with Crippen molar-refractivity contribution in [2.24, 2.45) is 0 Å². The van der Waals surface area contributed by atoms with Gasteiger partial charge in [-0.1, -0.05) is 29.8 Å². The molecule has 40 heavy (non-hydrogen) atoms. The Morgan fingerprint density at radius 3 is 2.23 bits per heavy atom. The first-order chi connectivity index (χ1) is 18.5. The highest BCUT2D eigenvalue weighted by Gasteiger charge is 2.71. The Hall–Kier alpha value is -2.88. The number of amides is 1. The lowest BCUT2D eigenvalue weighted by Gasteiger charge is -2.39. The number of carbonyl (C=O) groups is 1. The zero-order valence-corrected chi connectivity index (χ0v) is 21.8. The summed E-state index contributed by atoms with van der Waals surface area (Å²) in [6, 6.07) is 5.47. The lowest BCUT2D eigenvalue weighted by molar-refractivity contribution is -0.376. The van der Waals surface area contributed by atoms with Crippen molar-refractivity contribution in [1.29, 1.82) is 0 Å². The number of carbonyl (C=O) groups excluding carboxylic acids is 1. The molecular weight excluding hydrogens is 570 g/mol. The van der Waals surface area contributed by atoms with Gasteiger partial charge in [-0.2, -0.15) is 26.3 Å². The monoisotopic (exact) mass is 596 g/mol. The van der Waals surface area contributed by atoms with Gasteiger partial charge in [-0.25, -0.2) is 8.42 Å². The van der Waals surface area contributed by atoms with Gasteiger partial charge < -0.3 is 20.3 Å². The standard InChI is InChI=1S/C25H26F6N2O6S/c1-14-2-7-18(8-3-14)40(37,38)33-17(11-22(35)32-19-12-39-13-21(19)34)6-4-15-10-16(5-9-20(15)33)23(36,24(26,27)28)25(29,30)31/h2-3,5,7-10,17,19,21,34,36H,4,6,11-13H2,1H3,(H,32,35). The second-order valence-electron chi connectivity index (χ2n) is 9.84. The molecule has 1 fully saturated rings. The maximum atomic E-state index is 13.8. The molecule has 1 saturated heterocycles. The average Bonchev–Trinajstić information content (AvgIpc) is 3.25. The Balaban J connectivity index is 1.77. The molecule has 0 aromatic heterocycles. The summed E-state index contributed by atoms with van der Waals surface area (Å²) >= 11 is 0. The summed E-state index contributed by atoms with van der Waals surface area (Å²) in [5, 5.41) is 22.3. The molecule has 15 heteroatoms. The van der Waals surface area contributed by atoms with Crippen LogP contribution in [0.25, 0.3) is 0 Å². The zero-order chi connectivity index (χ0) is 29.7. The highest BCUT2D eigenvalue weighted by atomic mass is 32.2. The van der Waals surface area contributed by atoms with Crippen LogP contribution in [0.4, 0.5) is 32.0 Å². The average molecular weight is 597 g/mol. The van der Waals surface area contributed by atoms with E-state index in [4.69, 9.17) is 4.74 Å². The van der Waals surface area contributed by atoms with Gasteiger partial charge >= 0.3 is 12.4 Å². The molecule has 1 amide bonds. The van der Waals surface area contributed by atoms with E-state index in [0.717, 1.165) is 15.9 Å². The number of aliphatic hydroxyl groups excluding tert-OH is 1. The van der Waals surface area contributed by atoms with Gasteiger partial charge in [-0.05, 0) is 43.5 Å². The van der Waals surface area contributed by atoms with Crippen LogP contribution < -0.4 is 9.62 Å². The molecular formula is C25H26F6N2O6S. The number of hydrogen-bond acceptors (Lipinski definition) is 6. The number of nitrogens with one attached hydrogen (secondary N) is 1. The van der Waals surface area contributed by atoms with Crippen molar-refractivity contribution in [3.05, 3.63) is 59.2 Å². The van der Waals surface area contributed by atoms with Crippen molar-refractivity contribution >= 4 is 21.6 Å². The maximum Gasteiger partial charge on any atom is 0.430 e. The molecule has 4 rings (SSSR count). The van der Waals surface area contributed by atoms with Crippen LogP contribution >= 0.6 is 0 Å². The van der Waals surface area contributed by atoms with E-state index in [0.29, 0.717) is 12.1 Å². The summed E-state index contributed by atoms with van der Waals surface area (Å²) in [4.78, 5) is 12.6. The van der Waals surface area contributed by atoms with E-state index in [9.17, 15) is 49.8 Å². The largest absolute Gasteiger partial charge is 0.430 e. The Bertz CT molecular complexity index is 1350. The minimum atomic E-state index is -6.11. The SMILES string of the molecule is Cc1ccc(S(=O)(=O)N2c3ccc(C(O)(C(F)(F)F)C(F)(F)F)cc3CCC2CC(=O)NC2COCC2O)cc1. The van der Waals surface area contributed by atoms with Crippen LogP contribution in [0.5, 0.6) is 0 Å². The predicted octanol–water partition coefficient (Wildman–Crippen LogP) is 3.08. The molecule has 3 atom stereocenters. The molecule has 220 valence electrons. The predicted molar refractivity (Wildman–Crippen MR) is 129 cm³/mol. The molecule has 3 N–H and O–H groups in total. The number of ether oxygens (including phenoxy) is 1. The molecule has 2 aliphatic heterocycles. The van der Waals surface area contributed by atoms with E-state index >= 15 is 0 Å². The lowest BCUT2D eigenvalue weighted by Crippen LogP contribution is -2.54. The fourth-order valence-corrected chi connectivity index (χ4v) is 6.56. The summed E-state index contributed by atoms with van der Waals surface area (Å²) in [6.45, 7) is 1.75. The Labute approximate surface area is 225 Å². The van der Waals surface area contributed by atoms with Crippen LogP contribution in [0, 0.1) is 6.92 Å². The second kappa shape index (κ2) is 10.5. The minimum Gasteiger partial charge on any atom is -0.388 e. The number of nitrogens with zero attached hydrogens (tertiary/aromatic N) is 1. The number of aliphatic hydroxyl groups is 2. The number of aryl methyl sites for hydroxylation is 2. The van der Waals surface area contributed by atoms with Gasteiger partial charge in [0.15, 0.2) is 0 Å². The Kier molecular flexibility index (Phi) is 7.90. The van der Waals surface area contributed by atoms with Gasteiger partial charge in [-0.15, -0.1) is 0 Å². The number of benzene rings is 2. The molecule has 0 aliphatic carbocycles. The van der Waals surface area contributed by atoms with Gasteiger partial charge in [0.1, 0.15) is 0 Å². The number of anilines is 1. The molecule has 0 bridgehead atoms. The molecule has 0 radical (unpaired) electrons. The number of rotatable bonds is 6. The van der Waals surface area contributed by atoms with E-state index in [1.54, 1.807) is 6.92 Å². The Morgan fingerprint density at radius 2 is 1.68 bits per heavy atom. The number of alkyl halides is 6. The van der Waals surface area contributed by atoms with E-state index in [1.807, 2.05) is 0 Å². The van der Waals surface area contributed by atoms with Crippen molar-refractivity contribution in [3.8, 4) is 0 Å². The fraction of sp³-hybridized carbons (Fsp3) is 0.480. The first kappa shape index (κ1) is 30.1. The summed E-state index contributed by atoms with van der Waals surface area (Å²) in [7, 11) is -4.46. The van der Waals surface area contributed by atoms with E-state index in [1.165, 1.54) is 24.3 Å². The minimum absolute atomic E-state index is 0.000210. The third-order valence-electron chi connectivity index (χ3n) is 7.03. The van der Waals surface area contributed by atoms with Crippen molar-refractivity contribution in [1.82, 2.24) is 5.32 Å². The fourth-order valence-electron chi connectivity index (χ4n) is 4.84. The molecule has 2 heterocycles. The van der Waals surface area contributed by atoms with Crippen LogP contribution in [-0.4, -0.2) is 68.3 Å². The van der Waals surface area contributed by atoms with Crippen molar-refractivity contribution in [2.45, 2.75) is 67.2 Å². The van der Waals surface area contributed by atoms with Crippen molar-refractivity contribution in [2.75, 3.05) is 17.5 Å². The molecule has 3 unspecified atom stereocenters. The highest BCUT2D eigenvalue weighted by Crippen LogP contribution is 2.51. The van der Waals surface area contributed by atoms with Crippen LogP contribution in [-0.2, 0) is 31.6 Å². The van der Waals surface area contributed by atoms with Gasteiger partial charge in [0.2, 0.25) is 5.91 Å². The number of hydrogen-bond donors (Lipinski definition) is 3. The summed E-state index contributed by atoms with van der Waals surface area (Å²) in [6.07, 6.45) is -13.9. The lowest BCUT2D eigenvalue weighted by atomic mass is 9.87. The van der Waals surface area contributed by atoms with Crippen LogP contribution in [0.3, 0.4) is 0 Å². The quantitative estimate of drug-likeness (QED) is 0.442. The maximum absolute atomic E-state index is 13.8.